The van der Waals surface area contributed by atoms with E-state index in [1.807, 2.05) is 47.0 Å². The van der Waals surface area contributed by atoms with Crippen LogP contribution in [0.5, 0.6) is 0 Å². The molecule has 118 valence electrons. The maximum absolute atomic E-state index is 5.44. The molecule has 4 aromatic rings. The molecule has 0 aliphatic rings. The lowest BCUT2D eigenvalue weighted by Crippen LogP contribution is -1.98. The van der Waals surface area contributed by atoms with Gasteiger partial charge < -0.3 is 0 Å². The number of aryl methyl sites for hydroxylation is 1. The van der Waals surface area contributed by atoms with E-state index >= 15 is 0 Å². The summed E-state index contributed by atoms with van der Waals surface area (Å²) in [6.45, 7) is 2.05. The minimum atomic E-state index is 0.544. The van der Waals surface area contributed by atoms with Crippen LogP contribution in [0.1, 0.15) is 5.56 Å². The van der Waals surface area contributed by atoms with Crippen molar-refractivity contribution in [2.24, 2.45) is 0 Å². The largest absolute Gasteiger partial charge is 0.267 e. The molecule has 24 heavy (non-hydrogen) atoms. The summed E-state index contributed by atoms with van der Waals surface area (Å²) in [5.74, 6) is 0.722. The van der Waals surface area contributed by atoms with Gasteiger partial charge in [-0.15, -0.1) is 5.10 Å². The molecule has 0 aliphatic carbocycles. The first-order chi connectivity index (χ1) is 11.7. The molecule has 0 spiro atoms. The van der Waals surface area contributed by atoms with Crippen molar-refractivity contribution in [3.63, 3.8) is 0 Å². The second kappa shape index (κ2) is 6.10. The van der Waals surface area contributed by atoms with Crippen LogP contribution in [-0.4, -0.2) is 24.4 Å². The van der Waals surface area contributed by atoms with Crippen molar-refractivity contribution in [3.05, 3.63) is 64.9 Å². The molecule has 5 nitrogen and oxygen atoms in total. The lowest BCUT2D eigenvalue weighted by Gasteiger charge is -2.07. The molecule has 0 atom stereocenters. The van der Waals surface area contributed by atoms with Gasteiger partial charge in [-0.2, -0.15) is 5.10 Å². The maximum atomic E-state index is 5.44. The molecular weight excluding hydrogens is 338 g/mol. The molecule has 2 aromatic carbocycles. The summed E-state index contributed by atoms with van der Waals surface area (Å²) in [5, 5.41) is 11.6. The first kappa shape index (κ1) is 14.9. The predicted molar refractivity (Wildman–Crippen MR) is 97.8 cm³/mol. The van der Waals surface area contributed by atoms with E-state index in [0.717, 1.165) is 33.2 Å². The molecule has 0 aliphatic heterocycles. The maximum Gasteiger partial charge on any atom is 0.200 e. The monoisotopic (exact) mass is 351 g/mol. The van der Waals surface area contributed by atoms with E-state index in [2.05, 4.69) is 38.8 Å². The Bertz CT molecular complexity index is 1050. The Hall–Kier alpha value is -2.64. The van der Waals surface area contributed by atoms with E-state index < -0.39 is 0 Å². The highest BCUT2D eigenvalue weighted by molar-refractivity contribution is 7.71. The van der Waals surface area contributed by atoms with Crippen molar-refractivity contribution in [3.8, 4) is 27.6 Å². The Balaban J connectivity index is 1.92. The van der Waals surface area contributed by atoms with Crippen molar-refractivity contribution >= 4 is 23.8 Å². The van der Waals surface area contributed by atoms with E-state index in [1.165, 1.54) is 11.5 Å². The summed E-state index contributed by atoms with van der Waals surface area (Å²) in [7, 11) is 0. The average molecular weight is 351 g/mol. The summed E-state index contributed by atoms with van der Waals surface area (Å²) in [6.07, 6.45) is 0. The number of nitrogens with one attached hydrogen (secondary N) is 1. The standard InChI is InChI=1S/C17H13N5S2/c1-11-6-5-9-13(10-11)22-16(19-20-17(22)23)15-14(18-21-24-15)12-7-3-2-4-8-12/h2-10H,1H3,(H,20,23). The van der Waals surface area contributed by atoms with Crippen molar-refractivity contribution in [2.45, 2.75) is 6.92 Å². The van der Waals surface area contributed by atoms with Gasteiger partial charge in [0.15, 0.2) is 10.6 Å². The summed E-state index contributed by atoms with van der Waals surface area (Å²) in [6, 6.07) is 18.1. The van der Waals surface area contributed by atoms with Gasteiger partial charge in [0, 0.05) is 5.56 Å². The molecule has 4 rings (SSSR count). The molecule has 0 fully saturated rings. The Morgan fingerprint density at radius 2 is 1.92 bits per heavy atom. The zero-order valence-corrected chi connectivity index (χ0v) is 14.4. The van der Waals surface area contributed by atoms with E-state index in [4.69, 9.17) is 12.2 Å². The minimum absolute atomic E-state index is 0.544. The fourth-order valence-electron chi connectivity index (χ4n) is 2.58. The van der Waals surface area contributed by atoms with Crippen LogP contribution >= 0.6 is 23.8 Å². The van der Waals surface area contributed by atoms with Gasteiger partial charge in [0.25, 0.3) is 0 Å². The summed E-state index contributed by atoms with van der Waals surface area (Å²) in [4.78, 5) is 0.884. The number of H-pyrrole nitrogens is 1. The quantitative estimate of drug-likeness (QED) is 0.555. The number of hydrogen-bond donors (Lipinski definition) is 1. The third kappa shape index (κ3) is 2.57. The Morgan fingerprint density at radius 3 is 2.71 bits per heavy atom. The van der Waals surface area contributed by atoms with Gasteiger partial charge >= 0.3 is 0 Å². The molecular formula is C17H13N5S2. The van der Waals surface area contributed by atoms with Crippen molar-refractivity contribution in [1.29, 1.82) is 0 Å². The number of aromatic nitrogens is 5. The van der Waals surface area contributed by atoms with E-state index in [-0.39, 0.29) is 0 Å². The third-order valence-electron chi connectivity index (χ3n) is 3.67. The first-order valence-electron chi connectivity index (χ1n) is 7.36. The van der Waals surface area contributed by atoms with Crippen LogP contribution < -0.4 is 0 Å². The van der Waals surface area contributed by atoms with Gasteiger partial charge in [-0.3, -0.25) is 9.67 Å². The lowest BCUT2D eigenvalue weighted by atomic mass is 10.1. The zero-order chi connectivity index (χ0) is 16.5. The fraction of sp³-hybridized carbons (Fsp3) is 0.0588. The fourth-order valence-corrected chi connectivity index (χ4v) is 3.48. The first-order valence-corrected chi connectivity index (χ1v) is 8.55. The number of nitrogens with zero attached hydrogens (tertiary/aromatic N) is 4. The zero-order valence-electron chi connectivity index (χ0n) is 12.8. The molecule has 0 radical (unpaired) electrons. The SMILES string of the molecule is Cc1cccc(-n2c(-c3snnc3-c3ccccc3)n[nH]c2=S)c1. The molecule has 0 unspecified atom stereocenters. The van der Waals surface area contributed by atoms with Gasteiger partial charge in [-0.1, -0.05) is 47.0 Å². The highest BCUT2D eigenvalue weighted by Crippen LogP contribution is 2.33. The molecule has 0 saturated carbocycles. The molecule has 7 heteroatoms. The van der Waals surface area contributed by atoms with Crippen LogP contribution in [0.25, 0.3) is 27.6 Å². The van der Waals surface area contributed by atoms with Crippen LogP contribution in [0.3, 0.4) is 0 Å². The molecule has 0 bridgehead atoms. The molecule has 2 aromatic heterocycles. The van der Waals surface area contributed by atoms with E-state index in [9.17, 15) is 0 Å². The topological polar surface area (TPSA) is 59.4 Å². The highest BCUT2D eigenvalue weighted by atomic mass is 32.1. The van der Waals surface area contributed by atoms with Gasteiger partial charge in [-0.05, 0) is 48.4 Å². The summed E-state index contributed by atoms with van der Waals surface area (Å²) in [5.41, 5.74) is 3.94. The van der Waals surface area contributed by atoms with Crippen LogP contribution in [0, 0.1) is 11.7 Å². The third-order valence-corrected chi connectivity index (χ3v) is 4.67. The van der Waals surface area contributed by atoms with Crippen molar-refractivity contribution in [2.75, 3.05) is 0 Å². The highest BCUT2D eigenvalue weighted by Gasteiger charge is 2.19. The normalized spacial score (nSPS) is 10.9. The second-order valence-corrected chi connectivity index (χ2v) is 6.48. The Morgan fingerprint density at radius 1 is 1.08 bits per heavy atom. The van der Waals surface area contributed by atoms with Crippen molar-refractivity contribution in [1.82, 2.24) is 24.4 Å². The molecule has 0 saturated heterocycles. The van der Waals surface area contributed by atoms with Crippen molar-refractivity contribution < 1.29 is 0 Å². The predicted octanol–water partition coefficient (Wildman–Crippen LogP) is 4.42. The molecule has 2 heterocycles. The Labute approximate surface area is 147 Å². The van der Waals surface area contributed by atoms with Crippen LogP contribution in [0.4, 0.5) is 0 Å². The number of hydrogen-bond acceptors (Lipinski definition) is 5. The number of benzene rings is 2. The number of aromatic amines is 1. The van der Waals surface area contributed by atoms with Gasteiger partial charge in [0.2, 0.25) is 0 Å². The second-order valence-electron chi connectivity index (χ2n) is 5.34. The minimum Gasteiger partial charge on any atom is -0.267 e. The average Bonchev–Trinajstić information content (AvgIpc) is 3.22. The Kier molecular flexibility index (Phi) is 3.79. The summed E-state index contributed by atoms with van der Waals surface area (Å²) >= 11 is 6.75. The lowest BCUT2D eigenvalue weighted by molar-refractivity contribution is 1.03. The molecule has 0 amide bonds. The van der Waals surface area contributed by atoms with Crippen LogP contribution in [0.15, 0.2) is 54.6 Å². The van der Waals surface area contributed by atoms with Gasteiger partial charge in [-0.25, -0.2) is 0 Å². The van der Waals surface area contributed by atoms with E-state index in [1.54, 1.807) is 0 Å². The van der Waals surface area contributed by atoms with Gasteiger partial charge in [0.1, 0.15) is 10.6 Å². The van der Waals surface area contributed by atoms with Crippen LogP contribution in [-0.2, 0) is 0 Å². The van der Waals surface area contributed by atoms with Crippen LogP contribution in [0.2, 0.25) is 0 Å². The number of rotatable bonds is 3. The molecule has 1 N–H and O–H groups in total. The smallest absolute Gasteiger partial charge is 0.200 e. The van der Waals surface area contributed by atoms with E-state index in [0.29, 0.717) is 4.77 Å². The van der Waals surface area contributed by atoms with Gasteiger partial charge in [0.05, 0.1) is 5.69 Å². The summed E-state index contributed by atoms with van der Waals surface area (Å²) < 4.78 is 6.59.